The molecule has 2 aliphatic heterocycles. The van der Waals surface area contributed by atoms with Gasteiger partial charge in [0.05, 0.1) is 0 Å². The van der Waals surface area contributed by atoms with Crippen molar-refractivity contribution in [2.45, 2.75) is 69.6 Å². The van der Waals surface area contributed by atoms with Crippen molar-refractivity contribution in [3.63, 3.8) is 0 Å². The fraction of sp³-hybridized carbons (Fsp3) is 0.944. The van der Waals surface area contributed by atoms with Crippen molar-refractivity contribution in [1.82, 2.24) is 19.8 Å². The lowest BCUT2D eigenvalue weighted by Gasteiger charge is -2.31. The molecule has 3 rings (SSSR count). The van der Waals surface area contributed by atoms with E-state index in [1.807, 2.05) is 6.92 Å². The Labute approximate surface area is 171 Å². The van der Waals surface area contributed by atoms with Crippen molar-refractivity contribution in [1.29, 1.82) is 0 Å². The lowest BCUT2D eigenvalue weighted by atomic mass is 9.98. The minimum Gasteiger partial charge on any atom is -0.357 e. The third-order valence-corrected chi connectivity index (χ3v) is 7.67. The molecule has 168 valence electrons. The number of aliphatic imine (C=N–C) groups is 1. The summed E-state index contributed by atoms with van der Waals surface area (Å²) in [6, 6.07) is 1.62. The molecule has 0 aromatic carbocycles. The van der Waals surface area contributed by atoms with Gasteiger partial charge in [0.1, 0.15) is 0 Å². The van der Waals surface area contributed by atoms with Crippen LogP contribution in [0, 0.1) is 5.92 Å². The number of sulfonamides is 1. The molecule has 0 aromatic heterocycles. The molecule has 2 atom stereocenters. The summed E-state index contributed by atoms with van der Waals surface area (Å²) in [5.74, 6) is 0.809. The quantitative estimate of drug-likeness (QED) is 0.487. The number of rotatable bonds is 6. The van der Waals surface area contributed by atoms with E-state index in [9.17, 15) is 21.6 Å². The minimum absolute atomic E-state index is 0.0793. The molecule has 29 heavy (non-hydrogen) atoms. The zero-order valence-corrected chi connectivity index (χ0v) is 17.9. The van der Waals surface area contributed by atoms with E-state index in [0.717, 1.165) is 31.5 Å². The Morgan fingerprint density at radius 3 is 2.38 bits per heavy atom. The number of hydrogen-bond donors (Lipinski definition) is 2. The first-order chi connectivity index (χ1) is 13.6. The number of nitrogens with one attached hydrogen (secondary N) is 2. The number of piperidine rings is 1. The third-order valence-electron chi connectivity index (χ3n) is 6.04. The number of nitrogens with zero attached hydrogens (tertiary/aromatic N) is 3. The van der Waals surface area contributed by atoms with Crippen molar-refractivity contribution in [3.8, 4) is 0 Å². The predicted molar refractivity (Wildman–Crippen MR) is 106 cm³/mol. The van der Waals surface area contributed by atoms with Gasteiger partial charge < -0.3 is 10.6 Å². The smallest absolute Gasteiger partial charge is 0.357 e. The van der Waals surface area contributed by atoms with Crippen LogP contribution in [0.2, 0.25) is 0 Å². The van der Waals surface area contributed by atoms with Crippen LogP contribution in [0.15, 0.2) is 4.99 Å². The molecule has 2 heterocycles. The van der Waals surface area contributed by atoms with E-state index < -0.39 is 15.5 Å². The summed E-state index contributed by atoms with van der Waals surface area (Å²) >= 11 is 0. The molecule has 7 nitrogen and oxygen atoms in total. The standard InChI is InChI=1S/C18H32F3N5O2S/c1-3-22-17(24-15-10-13(2)26(12-15)16-4-5-16)23-11-14-6-8-25(9-7-14)29(27,28)18(19,20)21/h13-16H,3-12H2,1-2H3,(H2,22,23,24). The van der Waals surface area contributed by atoms with Crippen LogP contribution in [0.4, 0.5) is 13.2 Å². The molecule has 2 N–H and O–H groups in total. The summed E-state index contributed by atoms with van der Waals surface area (Å²) in [5.41, 5.74) is -5.23. The molecule has 1 aliphatic carbocycles. The van der Waals surface area contributed by atoms with Crippen LogP contribution >= 0.6 is 0 Å². The fourth-order valence-electron chi connectivity index (χ4n) is 4.29. The van der Waals surface area contributed by atoms with Crippen LogP contribution in [0.5, 0.6) is 0 Å². The molecule has 11 heteroatoms. The molecule has 0 amide bonds. The van der Waals surface area contributed by atoms with Gasteiger partial charge in [0.15, 0.2) is 5.96 Å². The number of halogens is 3. The lowest BCUT2D eigenvalue weighted by Crippen LogP contribution is -2.46. The zero-order valence-electron chi connectivity index (χ0n) is 17.1. The average molecular weight is 440 g/mol. The molecule has 1 saturated carbocycles. The Morgan fingerprint density at radius 2 is 1.83 bits per heavy atom. The molecule has 0 aromatic rings. The first kappa shape index (κ1) is 22.6. The summed E-state index contributed by atoms with van der Waals surface area (Å²) in [6.07, 6.45) is 4.40. The highest BCUT2D eigenvalue weighted by Crippen LogP contribution is 2.33. The maximum Gasteiger partial charge on any atom is 0.511 e. The second-order valence-corrected chi connectivity index (χ2v) is 10.3. The van der Waals surface area contributed by atoms with Crippen LogP contribution in [0.25, 0.3) is 0 Å². The molecule has 2 unspecified atom stereocenters. The van der Waals surface area contributed by atoms with Gasteiger partial charge in [-0.05, 0) is 51.9 Å². The Balaban J connectivity index is 1.50. The SMILES string of the molecule is CCNC(=NCC1CCN(S(=O)(=O)C(F)(F)F)CC1)NC1CC(C)N(C2CC2)C1. The van der Waals surface area contributed by atoms with Gasteiger partial charge >= 0.3 is 15.5 Å². The van der Waals surface area contributed by atoms with Gasteiger partial charge in [0, 0.05) is 50.8 Å². The van der Waals surface area contributed by atoms with Crippen molar-refractivity contribution in [2.24, 2.45) is 10.9 Å². The van der Waals surface area contributed by atoms with Crippen LogP contribution in [0.1, 0.15) is 46.0 Å². The monoisotopic (exact) mass is 439 g/mol. The fourth-order valence-corrected chi connectivity index (χ4v) is 5.27. The van der Waals surface area contributed by atoms with E-state index in [1.165, 1.54) is 12.8 Å². The topological polar surface area (TPSA) is 77.0 Å². The van der Waals surface area contributed by atoms with Gasteiger partial charge in [-0.25, -0.2) is 8.42 Å². The molecule has 3 aliphatic rings. The number of hydrogen-bond acceptors (Lipinski definition) is 4. The van der Waals surface area contributed by atoms with Gasteiger partial charge in [-0.1, -0.05) is 0 Å². The second kappa shape index (κ2) is 8.97. The molecule has 0 radical (unpaired) electrons. The van der Waals surface area contributed by atoms with Crippen molar-refractivity contribution in [3.05, 3.63) is 0 Å². The summed E-state index contributed by atoms with van der Waals surface area (Å²) in [4.78, 5) is 7.19. The Bertz CT molecular complexity index is 688. The number of alkyl halides is 3. The lowest BCUT2D eigenvalue weighted by molar-refractivity contribution is -0.0496. The van der Waals surface area contributed by atoms with Gasteiger partial charge in [0.2, 0.25) is 0 Å². The maximum absolute atomic E-state index is 12.7. The predicted octanol–water partition coefficient (Wildman–Crippen LogP) is 1.73. The third kappa shape index (κ3) is 5.55. The second-order valence-electron chi connectivity index (χ2n) is 8.37. The Kier molecular flexibility index (Phi) is 6.99. The minimum atomic E-state index is -5.23. The van der Waals surface area contributed by atoms with Gasteiger partial charge in [0.25, 0.3) is 0 Å². The van der Waals surface area contributed by atoms with E-state index in [4.69, 9.17) is 0 Å². The number of likely N-dealkylation sites (tertiary alicyclic amines) is 1. The highest BCUT2D eigenvalue weighted by molar-refractivity contribution is 7.90. The van der Waals surface area contributed by atoms with Crippen molar-refractivity contribution >= 4 is 16.0 Å². The van der Waals surface area contributed by atoms with Crippen LogP contribution in [0.3, 0.4) is 0 Å². The normalized spacial score (nSPS) is 28.7. The largest absolute Gasteiger partial charge is 0.511 e. The summed E-state index contributed by atoms with van der Waals surface area (Å²) < 4.78 is 61.6. The summed E-state index contributed by atoms with van der Waals surface area (Å²) in [7, 11) is -5.22. The van der Waals surface area contributed by atoms with E-state index in [0.29, 0.717) is 35.8 Å². The van der Waals surface area contributed by atoms with Gasteiger partial charge in [-0.2, -0.15) is 17.5 Å². The summed E-state index contributed by atoms with van der Waals surface area (Å²) in [6.45, 7) is 6.24. The Morgan fingerprint density at radius 1 is 1.17 bits per heavy atom. The molecule has 0 bridgehead atoms. The first-order valence-electron chi connectivity index (χ1n) is 10.5. The van der Waals surface area contributed by atoms with Crippen LogP contribution in [-0.2, 0) is 10.0 Å². The maximum atomic E-state index is 12.7. The zero-order chi connectivity index (χ0) is 21.2. The number of guanidine groups is 1. The first-order valence-corrected chi connectivity index (χ1v) is 11.9. The van der Waals surface area contributed by atoms with Crippen LogP contribution < -0.4 is 10.6 Å². The van der Waals surface area contributed by atoms with E-state index >= 15 is 0 Å². The Hall–Kier alpha value is -1.07. The molecular formula is C18H32F3N5O2S. The van der Waals surface area contributed by atoms with E-state index in [2.05, 4.69) is 27.4 Å². The highest BCUT2D eigenvalue weighted by atomic mass is 32.2. The van der Waals surface area contributed by atoms with E-state index in [1.54, 1.807) is 0 Å². The van der Waals surface area contributed by atoms with Gasteiger partial charge in [-0.15, -0.1) is 0 Å². The van der Waals surface area contributed by atoms with Crippen LogP contribution in [-0.4, -0.2) is 79.9 Å². The average Bonchev–Trinajstić information content (AvgIpc) is 3.42. The summed E-state index contributed by atoms with van der Waals surface area (Å²) in [5, 5.41) is 6.74. The molecule has 2 saturated heterocycles. The van der Waals surface area contributed by atoms with E-state index in [-0.39, 0.29) is 19.0 Å². The molecular weight excluding hydrogens is 407 g/mol. The van der Waals surface area contributed by atoms with Gasteiger partial charge in [-0.3, -0.25) is 9.89 Å². The van der Waals surface area contributed by atoms with Crippen molar-refractivity contribution < 1.29 is 21.6 Å². The molecule has 0 spiro atoms. The highest BCUT2D eigenvalue weighted by Gasteiger charge is 2.50. The molecule has 3 fully saturated rings. The van der Waals surface area contributed by atoms with Crippen molar-refractivity contribution in [2.75, 3.05) is 32.7 Å².